The van der Waals surface area contributed by atoms with Crippen molar-refractivity contribution in [3.63, 3.8) is 0 Å². The predicted molar refractivity (Wildman–Crippen MR) is 130 cm³/mol. The van der Waals surface area contributed by atoms with Gasteiger partial charge in [0.2, 0.25) is 11.8 Å². The first-order valence-electron chi connectivity index (χ1n) is 12.5. The lowest BCUT2D eigenvalue weighted by atomic mass is 9.60. The average molecular weight is 452 g/mol. The molecule has 2 amide bonds. The molecule has 178 valence electrons. The van der Waals surface area contributed by atoms with Crippen LogP contribution in [-0.2, 0) is 15.2 Å². The second-order valence-electron chi connectivity index (χ2n) is 9.94. The number of hydrogen-bond donors (Lipinski definition) is 2. The van der Waals surface area contributed by atoms with E-state index in [9.17, 15) is 14.7 Å². The summed E-state index contributed by atoms with van der Waals surface area (Å²) in [6, 6.07) is 8.13. The van der Waals surface area contributed by atoms with Crippen molar-refractivity contribution in [2.24, 2.45) is 5.41 Å². The first kappa shape index (κ1) is 23.8. The predicted octanol–water partition coefficient (Wildman–Crippen LogP) is 4.25. The molecule has 2 N–H and O–H groups in total. The van der Waals surface area contributed by atoms with Crippen LogP contribution in [0.5, 0.6) is 0 Å². The summed E-state index contributed by atoms with van der Waals surface area (Å²) >= 11 is 0. The number of nitrogens with one attached hydrogen (secondary N) is 1. The number of pyridine rings is 1. The van der Waals surface area contributed by atoms with Crippen molar-refractivity contribution in [2.75, 3.05) is 19.6 Å². The molecule has 6 heteroatoms. The quantitative estimate of drug-likeness (QED) is 0.615. The zero-order valence-electron chi connectivity index (χ0n) is 20.2. The third-order valence-corrected chi connectivity index (χ3v) is 7.92. The fourth-order valence-corrected chi connectivity index (χ4v) is 6.21. The monoisotopic (exact) mass is 451 g/mol. The summed E-state index contributed by atoms with van der Waals surface area (Å²) in [5.41, 5.74) is 1.54. The van der Waals surface area contributed by atoms with Gasteiger partial charge < -0.3 is 10.0 Å². The number of aliphatic hydroxyl groups is 1. The van der Waals surface area contributed by atoms with E-state index >= 15 is 0 Å². The van der Waals surface area contributed by atoms with Crippen LogP contribution < -0.4 is 5.32 Å². The normalized spacial score (nSPS) is 25.9. The molecule has 6 nitrogen and oxygen atoms in total. The van der Waals surface area contributed by atoms with Crippen molar-refractivity contribution in [3.8, 4) is 0 Å². The third kappa shape index (κ3) is 4.31. The van der Waals surface area contributed by atoms with Crippen molar-refractivity contribution in [3.05, 3.63) is 41.6 Å². The zero-order valence-corrected chi connectivity index (χ0v) is 20.2. The van der Waals surface area contributed by atoms with Gasteiger partial charge in [-0.3, -0.25) is 19.9 Å². The molecule has 2 aromatic rings. The Kier molecular flexibility index (Phi) is 6.87. The van der Waals surface area contributed by atoms with Crippen LogP contribution in [0.15, 0.2) is 30.5 Å². The van der Waals surface area contributed by atoms with Gasteiger partial charge >= 0.3 is 0 Å². The number of imide groups is 1. The fourth-order valence-electron chi connectivity index (χ4n) is 6.21. The number of carbonyl (C=O) groups is 2. The van der Waals surface area contributed by atoms with E-state index in [-0.39, 0.29) is 23.1 Å². The molecule has 2 saturated heterocycles. The molecule has 0 bridgehead atoms. The van der Waals surface area contributed by atoms with Gasteiger partial charge in [0.15, 0.2) is 0 Å². The van der Waals surface area contributed by atoms with Crippen LogP contribution in [0, 0.1) is 5.41 Å². The molecular weight excluding hydrogens is 414 g/mol. The number of aromatic nitrogens is 1. The van der Waals surface area contributed by atoms with Gasteiger partial charge in [-0.05, 0) is 61.6 Å². The highest BCUT2D eigenvalue weighted by Gasteiger charge is 2.53. The summed E-state index contributed by atoms with van der Waals surface area (Å²) in [6.45, 7) is 9.41. The zero-order chi connectivity index (χ0) is 23.6. The van der Waals surface area contributed by atoms with Gasteiger partial charge in [0.1, 0.15) is 0 Å². The Morgan fingerprint density at radius 1 is 1.15 bits per heavy atom. The van der Waals surface area contributed by atoms with Crippen LogP contribution in [0.3, 0.4) is 0 Å². The summed E-state index contributed by atoms with van der Waals surface area (Å²) in [5, 5.41) is 15.7. The maximum Gasteiger partial charge on any atom is 0.234 e. The standard InChI is InChI=1S/C27H37N3O3/c1-4-11-26(12-5-2)18-30(6-3)14-13-27(26,33)21-7-9-23-19(16-21)15-20(17-28-23)22-8-10-24(31)29-25(22)32/h7,9,15-17,22,33H,4-6,8,10-14,18H2,1-3H3,(H,29,31,32). The number of likely N-dealkylation sites (tertiary alicyclic amines) is 1. The minimum Gasteiger partial charge on any atom is -0.384 e. The number of benzene rings is 1. The number of fused-ring (bicyclic) bond motifs is 1. The van der Waals surface area contributed by atoms with Crippen LogP contribution in [-0.4, -0.2) is 46.4 Å². The van der Waals surface area contributed by atoms with E-state index in [0.717, 1.165) is 67.3 Å². The van der Waals surface area contributed by atoms with E-state index in [1.54, 1.807) is 6.20 Å². The molecule has 0 radical (unpaired) electrons. The highest BCUT2D eigenvalue weighted by atomic mass is 16.3. The molecule has 1 aromatic carbocycles. The molecule has 4 rings (SSSR count). The molecule has 0 saturated carbocycles. The Morgan fingerprint density at radius 3 is 2.58 bits per heavy atom. The average Bonchev–Trinajstić information content (AvgIpc) is 2.80. The second-order valence-corrected chi connectivity index (χ2v) is 9.94. The van der Waals surface area contributed by atoms with E-state index in [1.165, 1.54) is 0 Å². The molecule has 2 atom stereocenters. The van der Waals surface area contributed by atoms with Crippen LogP contribution in [0.2, 0.25) is 0 Å². The highest BCUT2D eigenvalue weighted by Crippen LogP contribution is 2.52. The highest BCUT2D eigenvalue weighted by molar-refractivity contribution is 6.01. The Hall–Kier alpha value is -2.31. The van der Waals surface area contributed by atoms with Crippen LogP contribution in [0.1, 0.15) is 82.8 Å². The minimum atomic E-state index is -0.899. The summed E-state index contributed by atoms with van der Waals surface area (Å²) in [5.74, 6) is -0.825. The van der Waals surface area contributed by atoms with E-state index < -0.39 is 5.60 Å². The summed E-state index contributed by atoms with van der Waals surface area (Å²) < 4.78 is 0. The Labute approximate surface area is 196 Å². The number of piperidine rings is 2. The van der Waals surface area contributed by atoms with Crippen molar-refractivity contribution in [2.45, 2.75) is 77.2 Å². The lowest BCUT2D eigenvalue weighted by molar-refractivity contribution is -0.150. The van der Waals surface area contributed by atoms with E-state index in [2.05, 4.69) is 42.0 Å². The second kappa shape index (κ2) is 9.51. The molecule has 1 aromatic heterocycles. The Balaban J connectivity index is 1.75. The molecule has 2 unspecified atom stereocenters. The van der Waals surface area contributed by atoms with Gasteiger partial charge in [0, 0.05) is 36.5 Å². The van der Waals surface area contributed by atoms with E-state index in [0.29, 0.717) is 19.3 Å². The summed E-state index contributed by atoms with van der Waals surface area (Å²) in [7, 11) is 0. The van der Waals surface area contributed by atoms with E-state index in [1.807, 2.05) is 18.2 Å². The topological polar surface area (TPSA) is 82.5 Å². The SMILES string of the molecule is CCCC1(CCC)CN(CC)CCC1(O)c1ccc2ncc(C3CCC(=O)NC3=O)cc2c1. The Morgan fingerprint density at radius 2 is 1.91 bits per heavy atom. The van der Waals surface area contributed by atoms with Gasteiger partial charge in [-0.2, -0.15) is 0 Å². The lowest BCUT2D eigenvalue weighted by Crippen LogP contribution is -2.58. The molecule has 0 spiro atoms. The molecule has 33 heavy (non-hydrogen) atoms. The first-order chi connectivity index (χ1) is 15.9. The lowest BCUT2D eigenvalue weighted by Gasteiger charge is -2.54. The van der Waals surface area contributed by atoms with Crippen LogP contribution >= 0.6 is 0 Å². The molecule has 2 aliphatic heterocycles. The van der Waals surface area contributed by atoms with Crippen molar-refractivity contribution >= 4 is 22.7 Å². The van der Waals surface area contributed by atoms with Gasteiger partial charge in [0.25, 0.3) is 0 Å². The Bertz CT molecular complexity index is 1030. The number of hydrogen-bond acceptors (Lipinski definition) is 5. The minimum absolute atomic E-state index is 0.187. The van der Waals surface area contributed by atoms with Gasteiger partial charge in [-0.1, -0.05) is 39.7 Å². The maximum absolute atomic E-state index is 12.4. The number of nitrogens with zero attached hydrogens (tertiary/aromatic N) is 2. The van der Waals surface area contributed by atoms with Crippen LogP contribution in [0.4, 0.5) is 0 Å². The van der Waals surface area contributed by atoms with Crippen molar-refractivity contribution < 1.29 is 14.7 Å². The van der Waals surface area contributed by atoms with Gasteiger partial charge in [-0.15, -0.1) is 0 Å². The molecular formula is C27H37N3O3. The van der Waals surface area contributed by atoms with Crippen molar-refractivity contribution in [1.82, 2.24) is 15.2 Å². The molecule has 3 heterocycles. The van der Waals surface area contributed by atoms with Crippen molar-refractivity contribution in [1.29, 1.82) is 0 Å². The van der Waals surface area contributed by atoms with Gasteiger partial charge in [-0.25, -0.2) is 0 Å². The largest absolute Gasteiger partial charge is 0.384 e. The summed E-state index contributed by atoms with van der Waals surface area (Å²) in [4.78, 5) is 31.0. The first-order valence-corrected chi connectivity index (χ1v) is 12.5. The van der Waals surface area contributed by atoms with Crippen LogP contribution in [0.25, 0.3) is 10.9 Å². The molecule has 2 aliphatic rings. The maximum atomic E-state index is 12.4. The molecule has 0 aliphatic carbocycles. The van der Waals surface area contributed by atoms with E-state index in [4.69, 9.17) is 0 Å². The fraction of sp³-hybridized carbons (Fsp3) is 0.593. The number of amides is 2. The third-order valence-electron chi connectivity index (χ3n) is 7.92. The smallest absolute Gasteiger partial charge is 0.234 e. The number of carbonyl (C=O) groups excluding carboxylic acids is 2. The number of rotatable bonds is 7. The summed E-state index contributed by atoms with van der Waals surface area (Å²) in [6.07, 6.45) is 7.36. The van der Waals surface area contributed by atoms with Gasteiger partial charge in [0.05, 0.1) is 17.0 Å². The molecule has 2 fully saturated rings.